The van der Waals surface area contributed by atoms with Gasteiger partial charge in [-0.2, -0.15) is 0 Å². The van der Waals surface area contributed by atoms with Crippen molar-refractivity contribution in [3.05, 3.63) is 65.0 Å². The summed E-state index contributed by atoms with van der Waals surface area (Å²) >= 11 is 0. The second-order valence-corrected chi connectivity index (χ2v) is 6.32. The molecule has 1 aliphatic rings. The van der Waals surface area contributed by atoms with E-state index in [2.05, 4.69) is 4.98 Å². The number of carbonyl (C=O) groups is 1. The zero-order chi connectivity index (χ0) is 17.8. The summed E-state index contributed by atoms with van der Waals surface area (Å²) < 4.78 is 39.3. The topological polar surface area (TPSA) is 33.2 Å². The zero-order valence-electron chi connectivity index (χ0n) is 13.7. The first kappa shape index (κ1) is 17.5. The van der Waals surface area contributed by atoms with Crippen molar-refractivity contribution >= 4 is 5.91 Å². The molecule has 1 atom stereocenters. The third-order valence-electron chi connectivity index (χ3n) is 4.52. The van der Waals surface area contributed by atoms with Crippen LogP contribution in [0.2, 0.25) is 0 Å². The van der Waals surface area contributed by atoms with Crippen molar-refractivity contribution in [1.82, 2.24) is 9.88 Å². The highest BCUT2D eigenvalue weighted by Gasteiger charge is 2.31. The number of nitrogens with zero attached hydrogens (tertiary/aromatic N) is 2. The van der Waals surface area contributed by atoms with Gasteiger partial charge >= 0.3 is 0 Å². The largest absolute Gasteiger partial charge is 0.338 e. The van der Waals surface area contributed by atoms with Crippen molar-refractivity contribution in [2.45, 2.75) is 31.7 Å². The lowest BCUT2D eigenvalue weighted by Crippen LogP contribution is -2.25. The quantitative estimate of drug-likeness (QED) is 0.796. The molecule has 0 radical (unpaired) electrons. The molecule has 0 N–H and O–H groups in total. The summed E-state index contributed by atoms with van der Waals surface area (Å²) in [6.07, 6.45) is 4.56. The van der Waals surface area contributed by atoms with Crippen LogP contribution in [-0.4, -0.2) is 29.0 Å². The standard InChI is InChI=1S/C19H19F3N2O/c20-4-1-2-13-10-23-5-3-14(13)11-24-12-16(8-19(24)25)15-6-17(21)9-18(22)7-15/h3,5-7,9-10,16H,1-2,4,8,11-12H2. The Morgan fingerprint density at radius 1 is 1.16 bits per heavy atom. The van der Waals surface area contributed by atoms with Crippen molar-refractivity contribution in [3.63, 3.8) is 0 Å². The Morgan fingerprint density at radius 3 is 2.64 bits per heavy atom. The molecule has 25 heavy (non-hydrogen) atoms. The number of likely N-dealkylation sites (tertiary alicyclic amines) is 1. The Morgan fingerprint density at radius 2 is 1.92 bits per heavy atom. The maximum absolute atomic E-state index is 13.4. The average Bonchev–Trinajstić information content (AvgIpc) is 2.94. The van der Waals surface area contributed by atoms with Crippen LogP contribution in [0.4, 0.5) is 13.2 Å². The van der Waals surface area contributed by atoms with Gasteiger partial charge in [-0.3, -0.25) is 14.2 Å². The van der Waals surface area contributed by atoms with Gasteiger partial charge < -0.3 is 4.90 Å². The number of alkyl halides is 1. The SMILES string of the molecule is O=C1CC(c2cc(F)cc(F)c2)CN1Cc1ccncc1CCCF. The van der Waals surface area contributed by atoms with Gasteiger partial charge in [0.2, 0.25) is 5.91 Å². The summed E-state index contributed by atoms with van der Waals surface area (Å²) in [4.78, 5) is 18.1. The predicted molar refractivity (Wildman–Crippen MR) is 87.7 cm³/mol. The molecular weight excluding hydrogens is 329 g/mol. The molecule has 0 bridgehead atoms. The van der Waals surface area contributed by atoms with E-state index in [1.807, 2.05) is 6.07 Å². The van der Waals surface area contributed by atoms with Gasteiger partial charge in [0.1, 0.15) is 11.6 Å². The monoisotopic (exact) mass is 348 g/mol. The van der Waals surface area contributed by atoms with E-state index in [4.69, 9.17) is 0 Å². The van der Waals surface area contributed by atoms with Crippen LogP contribution in [0.15, 0.2) is 36.7 Å². The fourth-order valence-electron chi connectivity index (χ4n) is 3.26. The number of amides is 1. The maximum Gasteiger partial charge on any atom is 0.223 e. The molecule has 1 aromatic carbocycles. The van der Waals surface area contributed by atoms with Crippen molar-refractivity contribution in [2.24, 2.45) is 0 Å². The van der Waals surface area contributed by atoms with Gasteiger partial charge in [-0.15, -0.1) is 0 Å². The molecule has 3 nitrogen and oxygen atoms in total. The molecular formula is C19H19F3N2O. The van der Waals surface area contributed by atoms with Crippen molar-refractivity contribution in [1.29, 1.82) is 0 Å². The van der Waals surface area contributed by atoms with E-state index >= 15 is 0 Å². The lowest BCUT2D eigenvalue weighted by atomic mass is 9.98. The van der Waals surface area contributed by atoms with Crippen LogP contribution in [0.5, 0.6) is 0 Å². The Hall–Kier alpha value is -2.37. The molecule has 1 aliphatic heterocycles. The summed E-state index contributed by atoms with van der Waals surface area (Å²) in [6.45, 7) is 0.411. The Kier molecular flexibility index (Phi) is 5.36. The molecule has 2 aromatic rings. The van der Waals surface area contributed by atoms with E-state index in [1.54, 1.807) is 17.3 Å². The number of hydrogen-bond donors (Lipinski definition) is 0. The maximum atomic E-state index is 13.4. The Balaban J connectivity index is 1.73. The van der Waals surface area contributed by atoms with Gasteiger partial charge in [-0.1, -0.05) is 0 Å². The van der Waals surface area contributed by atoms with Crippen LogP contribution in [-0.2, 0) is 17.8 Å². The highest BCUT2D eigenvalue weighted by Crippen LogP contribution is 2.30. The minimum atomic E-state index is -0.636. The zero-order valence-corrected chi connectivity index (χ0v) is 13.7. The summed E-state index contributed by atoms with van der Waals surface area (Å²) in [7, 11) is 0. The highest BCUT2D eigenvalue weighted by atomic mass is 19.1. The van der Waals surface area contributed by atoms with Crippen molar-refractivity contribution in [3.8, 4) is 0 Å². The fraction of sp³-hybridized carbons (Fsp3) is 0.368. The predicted octanol–water partition coefficient (Wildman–Crippen LogP) is 3.78. The van der Waals surface area contributed by atoms with Gasteiger partial charge in [-0.25, -0.2) is 8.78 Å². The van der Waals surface area contributed by atoms with Crippen LogP contribution >= 0.6 is 0 Å². The van der Waals surface area contributed by atoms with E-state index in [0.29, 0.717) is 31.5 Å². The molecule has 132 valence electrons. The first-order chi connectivity index (χ1) is 12.1. The number of carbonyl (C=O) groups excluding carboxylic acids is 1. The van der Waals surface area contributed by atoms with Crippen LogP contribution in [0.3, 0.4) is 0 Å². The summed E-state index contributed by atoms with van der Waals surface area (Å²) in [5.74, 6) is -1.55. The van der Waals surface area contributed by atoms with E-state index in [1.165, 1.54) is 12.1 Å². The average molecular weight is 348 g/mol. The second-order valence-electron chi connectivity index (χ2n) is 6.32. The van der Waals surface area contributed by atoms with Crippen LogP contribution < -0.4 is 0 Å². The molecule has 0 spiro atoms. The molecule has 1 amide bonds. The molecule has 1 saturated heterocycles. The number of aryl methyl sites for hydroxylation is 1. The minimum absolute atomic E-state index is 0.0528. The fourth-order valence-corrected chi connectivity index (χ4v) is 3.26. The molecule has 1 unspecified atom stereocenters. The van der Waals surface area contributed by atoms with Gasteiger partial charge in [-0.05, 0) is 47.7 Å². The van der Waals surface area contributed by atoms with Crippen molar-refractivity contribution < 1.29 is 18.0 Å². The van der Waals surface area contributed by atoms with E-state index in [-0.39, 0.29) is 18.2 Å². The Bertz CT molecular complexity index is 746. The van der Waals surface area contributed by atoms with Gasteiger partial charge in [0, 0.05) is 43.9 Å². The smallest absolute Gasteiger partial charge is 0.223 e. The van der Waals surface area contributed by atoms with E-state index in [9.17, 15) is 18.0 Å². The first-order valence-electron chi connectivity index (χ1n) is 8.28. The van der Waals surface area contributed by atoms with Gasteiger partial charge in [0.15, 0.2) is 0 Å². The number of benzene rings is 1. The number of aromatic nitrogens is 1. The number of pyridine rings is 1. The molecule has 1 aromatic heterocycles. The third-order valence-corrected chi connectivity index (χ3v) is 4.52. The van der Waals surface area contributed by atoms with Crippen LogP contribution in [0.1, 0.15) is 35.4 Å². The summed E-state index contributed by atoms with van der Waals surface area (Å²) in [5.41, 5.74) is 2.36. The molecule has 2 heterocycles. The van der Waals surface area contributed by atoms with E-state index in [0.717, 1.165) is 17.2 Å². The third kappa shape index (κ3) is 4.18. The molecule has 0 aliphatic carbocycles. The van der Waals surface area contributed by atoms with Crippen molar-refractivity contribution in [2.75, 3.05) is 13.2 Å². The molecule has 6 heteroatoms. The lowest BCUT2D eigenvalue weighted by Gasteiger charge is -2.19. The summed E-state index contributed by atoms with van der Waals surface area (Å²) in [5, 5.41) is 0. The molecule has 3 rings (SSSR count). The number of rotatable bonds is 6. The normalized spacial score (nSPS) is 17.3. The lowest BCUT2D eigenvalue weighted by molar-refractivity contribution is -0.128. The minimum Gasteiger partial charge on any atom is -0.338 e. The van der Waals surface area contributed by atoms with E-state index < -0.39 is 18.3 Å². The first-order valence-corrected chi connectivity index (χ1v) is 8.28. The Labute approximate surface area is 144 Å². The number of halogens is 3. The van der Waals surface area contributed by atoms with Gasteiger partial charge in [0.05, 0.1) is 6.67 Å². The number of hydrogen-bond acceptors (Lipinski definition) is 2. The van der Waals surface area contributed by atoms with Crippen LogP contribution in [0.25, 0.3) is 0 Å². The second kappa shape index (κ2) is 7.68. The van der Waals surface area contributed by atoms with Crippen LogP contribution in [0, 0.1) is 11.6 Å². The highest BCUT2D eigenvalue weighted by molar-refractivity contribution is 5.79. The molecule has 0 saturated carbocycles. The van der Waals surface area contributed by atoms with Gasteiger partial charge in [0.25, 0.3) is 0 Å². The summed E-state index contributed by atoms with van der Waals surface area (Å²) in [6, 6.07) is 5.22. The molecule has 1 fully saturated rings.